The molecule has 1 fully saturated rings. The van der Waals surface area contributed by atoms with Crippen molar-refractivity contribution in [3.8, 4) is 0 Å². The Hall–Kier alpha value is -0.400. The van der Waals surface area contributed by atoms with Crippen LogP contribution in [0.4, 0.5) is 0 Å². The van der Waals surface area contributed by atoms with Gasteiger partial charge < -0.3 is 15.4 Å². The van der Waals surface area contributed by atoms with Crippen LogP contribution < -0.4 is 10.6 Å². The number of nitrogens with zero attached hydrogens (tertiary/aromatic N) is 1. The Balaban J connectivity index is 0.00000121. The third kappa shape index (κ3) is 4.55. The number of hydrogen-bond acceptors (Lipinski definition) is 5. The molecule has 0 radical (unpaired) electrons. The first kappa shape index (κ1) is 19.6. The van der Waals surface area contributed by atoms with Gasteiger partial charge in [0.1, 0.15) is 11.0 Å². The minimum Gasteiger partial charge on any atom is -0.375 e. The molecule has 2 N–H and O–H groups in total. The number of ether oxygens (including phenoxy) is 1. The van der Waals surface area contributed by atoms with E-state index in [9.17, 15) is 4.79 Å². The number of morpholine rings is 1. The topological polar surface area (TPSA) is 63.2 Å². The van der Waals surface area contributed by atoms with Crippen LogP contribution in [0.1, 0.15) is 35.3 Å². The van der Waals surface area contributed by atoms with Crippen molar-refractivity contribution in [2.24, 2.45) is 0 Å². The summed E-state index contributed by atoms with van der Waals surface area (Å²) in [4.78, 5) is 18.2. The average molecular weight is 368 g/mol. The molecule has 1 aliphatic heterocycles. The average Bonchev–Trinajstić information content (AvgIpc) is 2.88. The number of nitrogens with one attached hydrogen (secondary N) is 2. The van der Waals surface area contributed by atoms with Gasteiger partial charge in [0.15, 0.2) is 0 Å². The maximum absolute atomic E-state index is 12.1. The van der Waals surface area contributed by atoms with Gasteiger partial charge in [0.25, 0.3) is 0 Å². The molecule has 2 atom stereocenters. The first-order valence-corrected chi connectivity index (χ1v) is 8.16. The van der Waals surface area contributed by atoms with E-state index in [0.29, 0.717) is 13.2 Å². The fraction of sp³-hybridized carbons (Fsp3) is 0.714. The van der Waals surface area contributed by atoms with E-state index in [1.807, 2.05) is 6.92 Å². The summed E-state index contributed by atoms with van der Waals surface area (Å²) in [6.07, 6.45) is 4.67. The van der Waals surface area contributed by atoms with E-state index in [1.54, 1.807) is 11.3 Å². The van der Waals surface area contributed by atoms with Gasteiger partial charge in [-0.05, 0) is 32.6 Å². The number of hydrogen-bond donors (Lipinski definition) is 2. The molecule has 0 unspecified atom stereocenters. The second-order valence-corrected chi connectivity index (χ2v) is 6.58. The summed E-state index contributed by atoms with van der Waals surface area (Å²) in [5.74, 6) is 0.00497. The SMILES string of the molecule is C[C@H]1OCCN[C@@H]1C(=O)NCc1nc2c(s1)CCCC2.Cl.Cl. The van der Waals surface area contributed by atoms with E-state index in [-0.39, 0.29) is 42.9 Å². The van der Waals surface area contributed by atoms with Crippen molar-refractivity contribution in [1.29, 1.82) is 0 Å². The fourth-order valence-corrected chi connectivity index (χ4v) is 3.88. The van der Waals surface area contributed by atoms with Gasteiger partial charge in [0.2, 0.25) is 5.91 Å². The lowest BCUT2D eigenvalue weighted by Gasteiger charge is -2.29. The molecule has 1 aromatic heterocycles. The standard InChI is InChI=1S/C14H21N3O2S.2ClH/c1-9-13(15-6-7-19-9)14(18)16-8-12-17-10-4-2-3-5-11(10)20-12;;/h9,13,15H,2-8H2,1H3,(H,16,18);2*1H/t9-,13+;;/m1../s1. The Morgan fingerprint density at radius 2 is 2.18 bits per heavy atom. The Bertz CT molecular complexity index is 475. The molecule has 0 aromatic carbocycles. The Morgan fingerprint density at radius 1 is 1.41 bits per heavy atom. The van der Waals surface area contributed by atoms with E-state index in [4.69, 9.17) is 4.74 Å². The van der Waals surface area contributed by atoms with Crippen LogP contribution in [0, 0.1) is 0 Å². The summed E-state index contributed by atoms with van der Waals surface area (Å²) in [5, 5.41) is 7.20. The zero-order valence-electron chi connectivity index (χ0n) is 12.6. The van der Waals surface area contributed by atoms with Crippen LogP contribution in [-0.2, 0) is 28.9 Å². The predicted octanol–water partition coefficient (Wildman–Crippen LogP) is 1.86. The quantitative estimate of drug-likeness (QED) is 0.855. The number of carbonyl (C=O) groups is 1. The molecule has 1 aliphatic carbocycles. The molecule has 0 saturated carbocycles. The first-order valence-electron chi connectivity index (χ1n) is 7.34. The zero-order chi connectivity index (χ0) is 13.9. The summed E-state index contributed by atoms with van der Waals surface area (Å²) in [7, 11) is 0. The Labute approximate surface area is 147 Å². The zero-order valence-corrected chi connectivity index (χ0v) is 15.0. The van der Waals surface area contributed by atoms with Crippen molar-refractivity contribution in [2.75, 3.05) is 13.2 Å². The first-order chi connectivity index (χ1) is 9.74. The molecular formula is C14H23Cl2N3O2S. The maximum Gasteiger partial charge on any atom is 0.240 e. The molecule has 1 aromatic rings. The van der Waals surface area contributed by atoms with Crippen molar-refractivity contribution < 1.29 is 9.53 Å². The van der Waals surface area contributed by atoms with Crippen molar-refractivity contribution in [3.05, 3.63) is 15.6 Å². The lowest BCUT2D eigenvalue weighted by atomic mass is 10.0. The highest BCUT2D eigenvalue weighted by atomic mass is 35.5. The molecule has 1 saturated heterocycles. The molecule has 2 aliphatic rings. The van der Waals surface area contributed by atoms with E-state index < -0.39 is 0 Å². The molecule has 126 valence electrons. The lowest BCUT2D eigenvalue weighted by molar-refractivity contribution is -0.129. The largest absolute Gasteiger partial charge is 0.375 e. The molecule has 0 bridgehead atoms. The van der Waals surface area contributed by atoms with Crippen molar-refractivity contribution in [3.63, 3.8) is 0 Å². The Morgan fingerprint density at radius 3 is 2.91 bits per heavy atom. The lowest BCUT2D eigenvalue weighted by Crippen LogP contribution is -2.55. The van der Waals surface area contributed by atoms with Gasteiger partial charge in [0.05, 0.1) is 24.9 Å². The molecule has 3 rings (SSSR count). The van der Waals surface area contributed by atoms with Gasteiger partial charge in [-0.15, -0.1) is 36.2 Å². The van der Waals surface area contributed by atoms with Gasteiger partial charge >= 0.3 is 0 Å². The van der Waals surface area contributed by atoms with E-state index >= 15 is 0 Å². The van der Waals surface area contributed by atoms with Crippen molar-refractivity contribution in [2.45, 2.75) is 51.3 Å². The maximum atomic E-state index is 12.1. The predicted molar refractivity (Wildman–Crippen MR) is 92.3 cm³/mol. The highest BCUT2D eigenvalue weighted by Crippen LogP contribution is 2.26. The second kappa shape index (κ2) is 9.03. The van der Waals surface area contributed by atoms with Crippen LogP contribution in [0.2, 0.25) is 0 Å². The normalized spacial score (nSPS) is 23.7. The number of aryl methyl sites for hydroxylation is 2. The van der Waals surface area contributed by atoms with Crippen LogP contribution in [0.3, 0.4) is 0 Å². The van der Waals surface area contributed by atoms with Crippen molar-refractivity contribution >= 4 is 42.1 Å². The molecular weight excluding hydrogens is 345 g/mol. The highest BCUT2D eigenvalue weighted by Gasteiger charge is 2.28. The van der Waals surface area contributed by atoms with Crippen LogP contribution in [0.15, 0.2) is 0 Å². The summed E-state index contributed by atoms with van der Waals surface area (Å²) in [6.45, 7) is 3.86. The summed E-state index contributed by atoms with van der Waals surface area (Å²) in [5.41, 5.74) is 1.25. The molecule has 0 spiro atoms. The van der Waals surface area contributed by atoms with E-state index in [0.717, 1.165) is 24.4 Å². The van der Waals surface area contributed by atoms with E-state index in [1.165, 1.54) is 23.4 Å². The number of aromatic nitrogens is 1. The summed E-state index contributed by atoms with van der Waals surface area (Å²) >= 11 is 1.75. The Kier molecular flexibility index (Phi) is 8.07. The van der Waals surface area contributed by atoms with E-state index in [2.05, 4.69) is 15.6 Å². The third-order valence-electron chi connectivity index (χ3n) is 3.90. The van der Waals surface area contributed by atoms with Gasteiger partial charge in [-0.3, -0.25) is 4.79 Å². The van der Waals surface area contributed by atoms with Gasteiger partial charge in [0, 0.05) is 11.4 Å². The van der Waals surface area contributed by atoms with Crippen molar-refractivity contribution in [1.82, 2.24) is 15.6 Å². The number of halogens is 2. The molecule has 8 heteroatoms. The molecule has 1 amide bonds. The van der Waals surface area contributed by atoms with Crippen LogP contribution in [0.5, 0.6) is 0 Å². The smallest absolute Gasteiger partial charge is 0.240 e. The molecule has 5 nitrogen and oxygen atoms in total. The number of rotatable bonds is 3. The molecule has 22 heavy (non-hydrogen) atoms. The summed E-state index contributed by atoms with van der Waals surface area (Å²) in [6, 6.07) is -0.252. The summed E-state index contributed by atoms with van der Waals surface area (Å²) < 4.78 is 5.49. The van der Waals surface area contributed by atoms with Gasteiger partial charge in [-0.1, -0.05) is 0 Å². The number of carbonyl (C=O) groups excluding carboxylic acids is 1. The monoisotopic (exact) mass is 367 g/mol. The molecule has 2 heterocycles. The van der Waals surface area contributed by atoms with Gasteiger partial charge in [-0.25, -0.2) is 4.98 Å². The van der Waals surface area contributed by atoms with Crippen LogP contribution in [-0.4, -0.2) is 36.2 Å². The number of fused-ring (bicyclic) bond motifs is 1. The minimum atomic E-state index is -0.252. The number of thiazole rings is 1. The third-order valence-corrected chi connectivity index (χ3v) is 5.06. The minimum absolute atomic E-state index is 0. The highest BCUT2D eigenvalue weighted by molar-refractivity contribution is 7.11. The second-order valence-electron chi connectivity index (χ2n) is 5.41. The van der Waals surface area contributed by atoms with Crippen LogP contribution >= 0.6 is 36.2 Å². The fourth-order valence-electron chi connectivity index (χ4n) is 2.78. The number of amides is 1. The van der Waals surface area contributed by atoms with Gasteiger partial charge in [-0.2, -0.15) is 0 Å². The van der Waals surface area contributed by atoms with Crippen LogP contribution in [0.25, 0.3) is 0 Å².